The molecule has 2 saturated heterocycles. The van der Waals surface area contributed by atoms with Gasteiger partial charge in [-0.25, -0.2) is 14.4 Å². The van der Waals surface area contributed by atoms with E-state index in [1.54, 1.807) is 48.0 Å². The second kappa shape index (κ2) is 54.4. The van der Waals surface area contributed by atoms with Gasteiger partial charge in [-0.3, -0.25) is 43.2 Å². The zero-order valence-corrected chi connectivity index (χ0v) is 78.1. The number of hydrogen-bond donors (Lipinski definition) is 11. The molecule has 0 radical (unpaired) electrons. The van der Waals surface area contributed by atoms with Crippen molar-refractivity contribution >= 4 is 104 Å². The van der Waals surface area contributed by atoms with E-state index in [9.17, 15) is 93.3 Å². The molecule has 129 heavy (non-hydrogen) atoms. The van der Waals surface area contributed by atoms with Gasteiger partial charge in [0, 0.05) is 120 Å². The number of methoxy groups -OCH3 is 3. The number of aliphatic carboxylic acids is 1. The number of carbonyl (C=O) groups is 12. The number of ketones is 4. The van der Waals surface area contributed by atoms with Crippen LogP contribution in [0.25, 0.3) is 11.1 Å². The molecule has 2 aromatic rings. The van der Waals surface area contributed by atoms with Gasteiger partial charge in [0.15, 0.2) is 11.6 Å². The predicted octanol–water partition coefficient (Wildman–Crippen LogP) is 8.04. The van der Waals surface area contributed by atoms with Crippen molar-refractivity contribution in [2.24, 2.45) is 47.3 Å². The summed E-state index contributed by atoms with van der Waals surface area (Å²) in [6.45, 7) is 11.5. The number of nitrogens with zero attached hydrogens (tertiary/aromatic N) is 1. The minimum Gasteiger partial charge on any atom is -0.481 e. The van der Waals surface area contributed by atoms with Gasteiger partial charge in [-0.05, 0) is 147 Å². The Hall–Kier alpha value is -7.79. The number of Topliss-reactive ketones (excluding diaryl/α,β-unsaturated/α-hetero) is 4. The van der Waals surface area contributed by atoms with Crippen molar-refractivity contribution in [3.05, 3.63) is 107 Å². The number of esters is 1. The number of allylic oxidation sites excluding steroid dienone is 6. The van der Waals surface area contributed by atoms with Crippen LogP contribution in [0.15, 0.2) is 96.1 Å². The number of nitrogens with one attached hydrogen (secondary N) is 3. The average Bonchev–Trinajstić information content (AvgIpc) is 1.49. The van der Waals surface area contributed by atoms with Crippen LogP contribution in [0.2, 0.25) is 0 Å². The average molecular weight is 1870 g/mol. The number of fused-ring (bicyclic) bond motifs is 6. The summed E-state index contributed by atoms with van der Waals surface area (Å²) in [7, 11) is 6.64. The molecule has 0 spiro atoms. The van der Waals surface area contributed by atoms with Crippen LogP contribution in [0.1, 0.15) is 175 Å². The third kappa shape index (κ3) is 32.8. The van der Waals surface area contributed by atoms with Gasteiger partial charge in [-0.2, -0.15) is 0 Å². The topological polar surface area (TPSA) is 489 Å². The molecular weight excluding hydrogens is 1730 g/mol. The number of carbonyl (C=O) groups excluding carboxylic acids is 11. The van der Waals surface area contributed by atoms with Gasteiger partial charge in [0.2, 0.25) is 23.5 Å². The highest BCUT2D eigenvalue weighted by molar-refractivity contribution is 8.76. The first-order valence-electron chi connectivity index (χ1n) is 44.5. The molecule has 2 aliphatic carbocycles. The Balaban J connectivity index is 0.903. The fourth-order valence-corrected chi connectivity index (χ4v) is 19.5. The van der Waals surface area contributed by atoms with E-state index in [0.717, 1.165) is 66.1 Å². The number of thioether (sulfide) groups is 1. The van der Waals surface area contributed by atoms with Crippen molar-refractivity contribution in [2.45, 2.75) is 249 Å². The molecule has 22 atom stereocenters. The smallest absolute Gasteiger partial charge is 0.481 e. The third-order valence-electron chi connectivity index (χ3n) is 24.8. The van der Waals surface area contributed by atoms with Crippen molar-refractivity contribution in [3.63, 3.8) is 0 Å². The molecular formula is C93H134N4O29S3. The maximum atomic E-state index is 14.8. The van der Waals surface area contributed by atoms with Gasteiger partial charge in [-0.15, -0.1) is 0 Å². The van der Waals surface area contributed by atoms with Crippen molar-refractivity contribution in [2.75, 3.05) is 91.3 Å². The maximum Gasteiger partial charge on any atom is 0.508 e. The van der Waals surface area contributed by atoms with E-state index in [2.05, 4.69) is 16.0 Å². The Bertz CT molecular complexity index is 4140. The van der Waals surface area contributed by atoms with Gasteiger partial charge in [0.25, 0.3) is 11.7 Å². The summed E-state index contributed by atoms with van der Waals surface area (Å²) < 4.78 is 52.5. The van der Waals surface area contributed by atoms with E-state index in [1.807, 2.05) is 99.7 Å². The van der Waals surface area contributed by atoms with Crippen molar-refractivity contribution in [3.8, 4) is 11.1 Å². The van der Waals surface area contributed by atoms with Crippen LogP contribution in [0, 0.1) is 47.3 Å². The van der Waals surface area contributed by atoms with E-state index in [1.165, 1.54) is 14.0 Å². The number of piperidine rings is 1. The van der Waals surface area contributed by atoms with Crippen LogP contribution in [0.5, 0.6) is 0 Å². The molecule has 33 nitrogen and oxygen atoms in total. The summed E-state index contributed by atoms with van der Waals surface area (Å²) in [5.74, 6) is -15.7. The van der Waals surface area contributed by atoms with Crippen LogP contribution in [0.4, 0.5) is 9.59 Å². The number of ether oxygens (including phenoxy) is 9. The number of aliphatic hydroxyl groups is 7. The summed E-state index contributed by atoms with van der Waals surface area (Å²) in [4.78, 5) is 166. The van der Waals surface area contributed by atoms with Gasteiger partial charge in [-0.1, -0.05) is 148 Å². The van der Waals surface area contributed by atoms with E-state index in [4.69, 9.17) is 47.7 Å². The standard InChI is InChI=1S/C93H134N4O29S3/c1-53-21-13-12-14-22-54(2)76(118-9)46-63-31-29-60(8)93(117,126-63)86(109)88(111)97-35-20-19-27-70(97)90(114)125-77(47-71(99)56(4)42-59(7)82(106)85(120-11)81(105)58(6)41-53)57(5)43-61-30-32-75(78(44-61)119-10)121-36-37-122-91(115)123-38-40-128-129-52-62(89(112)113)45-72(100)69(96-87(110)55(3)28-33-79(103)95-49-73(101)83(107)84(108)74(102)50-98)48-94-80(104)34-39-127-92(116)124-51-68-66-25-17-15-23-64(66)65-24-16-18-26-67(65)68/h12-18,21-26,42,53,55-58,60-63,68-70,73-78,82-85,98,101-102,106-108,117H,19-20,27-41,43-52H2,1-11H3,(H,94,104)(H,95,103)(H,96,110)(H,112,113)/b14-12+,21-13+,54-22+,59-42+/t53-,55+,56-,57-,58-,60-,61+,62+,63+,69+,70+,73+,74-,75-,76+,77+,78-,82-,83-,84-,85+,93-/m1/s1. The lowest BCUT2D eigenvalue weighted by atomic mass is 9.78. The number of carboxylic acids is 1. The zero-order valence-electron chi connectivity index (χ0n) is 75.7. The van der Waals surface area contributed by atoms with Crippen molar-refractivity contribution in [1.29, 1.82) is 0 Å². The van der Waals surface area contributed by atoms with Gasteiger partial charge >= 0.3 is 23.4 Å². The quantitative estimate of drug-likeness (QED) is 0.00756. The fourth-order valence-electron chi connectivity index (χ4n) is 16.8. The Morgan fingerprint density at radius 2 is 1.39 bits per heavy atom. The first-order chi connectivity index (χ1) is 61.4. The Labute approximate surface area is 767 Å². The number of amides is 4. The number of carboxylic acid groups (broad SMARTS) is 1. The lowest BCUT2D eigenvalue weighted by Gasteiger charge is -2.42. The minimum absolute atomic E-state index is 0.00293. The molecule has 4 amide bonds. The number of aliphatic hydroxyl groups excluding tert-OH is 6. The fraction of sp³-hybridized carbons (Fsp3) is 0.656. The van der Waals surface area contributed by atoms with Gasteiger partial charge < -0.3 is 104 Å². The molecule has 7 rings (SSSR count). The molecule has 2 aromatic carbocycles. The Kier molecular flexibility index (Phi) is 45.6. The van der Waals surface area contributed by atoms with E-state index in [-0.39, 0.29) is 118 Å². The predicted molar refractivity (Wildman–Crippen MR) is 481 cm³/mol. The van der Waals surface area contributed by atoms with E-state index < -0.39 is 205 Å². The van der Waals surface area contributed by atoms with Crippen LogP contribution in [-0.2, 0) is 90.6 Å². The lowest BCUT2D eigenvalue weighted by Crippen LogP contribution is -2.61. The summed E-state index contributed by atoms with van der Waals surface area (Å²) in [6.07, 6.45) is -0.133. The Morgan fingerprint density at radius 1 is 0.713 bits per heavy atom. The molecule has 0 unspecified atom stereocenters. The van der Waals surface area contributed by atoms with Crippen LogP contribution in [-0.4, -0.2) is 292 Å². The number of hydrogen-bond acceptors (Lipinski definition) is 31. The molecule has 3 fully saturated rings. The normalized spacial score (nSPS) is 28.0. The SMILES string of the molecule is CO[C@H]1C[C@@H]2CC[C@@H](C)[C@@](O)(O2)C(=O)C(=O)N2CCCC[C@H]2C(=O)O[C@H]([C@H](C)C[C@@H]2CC[C@@H](OCCOC(=O)OCCSSC[C@H](CC(=O)[C@H](CNC(=O)CCSC(=O)OCC3c4ccccc4-c4ccccc43)NC(=O)[C@@H](C)CCC(=O)NC[C@H](O)[C@@H](O)[C@H](O)[C@H](O)CO)C(=O)O)[C@H](OC)C2)CC(=O)[C@H](C)/C=C(\C)[C@@H](O)[C@@H](OC)C(=O)[C@H](C)C[C@H](C)/C=C/C=C/C=C/1C. The minimum atomic E-state index is -2.52. The van der Waals surface area contributed by atoms with E-state index in [0.29, 0.717) is 63.4 Å². The second-order valence-electron chi connectivity index (χ2n) is 34.5. The highest BCUT2D eigenvalue weighted by Gasteiger charge is 2.54. The molecule has 2 bridgehead atoms. The molecule has 0 aromatic heterocycles. The Morgan fingerprint density at radius 3 is 2.06 bits per heavy atom. The zero-order chi connectivity index (χ0) is 94.8. The summed E-state index contributed by atoms with van der Waals surface area (Å²) in [5.41, 5.74) is 5.28. The first kappa shape index (κ1) is 108. The largest absolute Gasteiger partial charge is 0.508 e. The van der Waals surface area contributed by atoms with E-state index >= 15 is 0 Å². The van der Waals surface area contributed by atoms with Crippen LogP contribution >= 0.6 is 33.3 Å². The monoisotopic (exact) mass is 1870 g/mol. The number of benzene rings is 2. The molecule has 3 aliphatic heterocycles. The summed E-state index contributed by atoms with van der Waals surface area (Å²) in [5, 5.41) is 90.0. The highest BCUT2D eigenvalue weighted by atomic mass is 33.1. The molecule has 3 heterocycles. The molecule has 5 aliphatic rings. The van der Waals surface area contributed by atoms with Crippen LogP contribution < -0.4 is 16.0 Å². The summed E-state index contributed by atoms with van der Waals surface area (Å²) >= 11 is 0.773. The maximum absolute atomic E-state index is 14.8. The first-order valence-corrected chi connectivity index (χ1v) is 48.0. The van der Waals surface area contributed by atoms with Gasteiger partial charge in [0.1, 0.15) is 74.3 Å². The molecule has 11 N–H and O–H groups in total. The van der Waals surface area contributed by atoms with Crippen molar-refractivity contribution in [1.82, 2.24) is 20.9 Å². The lowest BCUT2D eigenvalue weighted by molar-refractivity contribution is -0.265. The van der Waals surface area contributed by atoms with Crippen molar-refractivity contribution < 1.29 is 141 Å². The number of cyclic esters (lactones) is 1. The summed E-state index contributed by atoms with van der Waals surface area (Å²) in [6, 6.07) is 12.9. The molecule has 718 valence electrons. The second-order valence-corrected chi connectivity index (χ2v) is 38.1. The molecule has 36 heteroatoms. The molecule has 1 saturated carbocycles. The third-order valence-corrected chi connectivity index (χ3v) is 28.0. The highest BCUT2D eigenvalue weighted by Crippen LogP contribution is 2.45. The van der Waals surface area contributed by atoms with Gasteiger partial charge in [0.05, 0.1) is 49.7 Å². The number of rotatable bonds is 38. The van der Waals surface area contributed by atoms with Crippen LogP contribution in [0.3, 0.4) is 0 Å².